The summed E-state index contributed by atoms with van der Waals surface area (Å²) in [6.45, 7) is 2.66. The summed E-state index contributed by atoms with van der Waals surface area (Å²) < 4.78 is 5.59. The van der Waals surface area contributed by atoms with Crippen molar-refractivity contribution >= 4 is 17.4 Å². The molecule has 6 heteroatoms. The summed E-state index contributed by atoms with van der Waals surface area (Å²) >= 11 is 1.62. The number of aromatic nitrogens is 3. The van der Waals surface area contributed by atoms with Gasteiger partial charge in [0.1, 0.15) is 0 Å². The smallest absolute Gasteiger partial charge is 0.315 e. The van der Waals surface area contributed by atoms with Gasteiger partial charge in [-0.05, 0) is 18.9 Å². The zero-order chi connectivity index (χ0) is 14.5. The molecule has 0 amide bonds. The lowest BCUT2D eigenvalue weighted by Gasteiger charge is -1.99. The Morgan fingerprint density at radius 2 is 2.00 bits per heavy atom. The van der Waals surface area contributed by atoms with E-state index in [0.29, 0.717) is 18.5 Å². The third kappa shape index (κ3) is 3.66. The van der Waals surface area contributed by atoms with E-state index < -0.39 is 0 Å². The summed E-state index contributed by atoms with van der Waals surface area (Å²) in [6, 6.07) is 10.7. The molecule has 108 valence electrons. The molecular formula is C15H16N4OS. The van der Waals surface area contributed by atoms with Gasteiger partial charge in [0.15, 0.2) is 0 Å². The van der Waals surface area contributed by atoms with Crippen LogP contribution in [0.3, 0.4) is 0 Å². The zero-order valence-corrected chi connectivity index (χ0v) is 12.6. The van der Waals surface area contributed by atoms with Crippen LogP contribution in [0.25, 0.3) is 0 Å². The molecule has 3 aromatic rings. The van der Waals surface area contributed by atoms with E-state index in [0.717, 1.165) is 18.5 Å². The number of nitrogens with one attached hydrogen (secondary N) is 1. The Bertz CT molecular complexity index is 693. The van der Waals surface area contributed by atoms with Gasteiger partial charge in [-0.2, -0.15) is 0 Å². The molecule has 0 atom stereocenters. The maximum atomic E-state index is 5.59. The van der Waals surface area contributed by atoms with Crippen LogP contribution in [0.5, 0.6) is 0 Å². The normalized spacial score (nSPS) is 10.7. The monoisotopic (exact) mass is 300 g/mol. The predicted octanol–water partition coefficient (Wildman–Crippen LogP) is 3.23. The standard InChI is InChI=1S/C15H16N4OS/c1-11-13(21-10-17-11)9-16-15-19-18-14(20-15)8-7-12-5-3-2-4-6-12/h2-6,10H,7-9H2,1H3,(H,16,19). The Morgan fingerprint density at radius 3 is 2.76 bits per heavy atom. The van der Waals surface area contributed by atoms with Crippen LogP contribution in [0.2, 0.25) is 0 Å². The first-order valence-corrected chi connectivity index (χ1v) is 7.68. The molecule has 3 rings (SSSR count). The minimum atomic E-state index is 0.464. The molecule has 0 saturated heterocycles. The van der Waals surface area contributed by atoms with Gasteiger partial charge in [-0.25, -0.2) is 4.98 Å². The first kappa shape index (κ1) is 13.8. The van der Waals surface area contributed by atoms with E-state index >= 15 is 0 Å². The number of nitrogens with zero attached hydrogens (tertiary/aromatic N) is 3. The Labute approximate surface area is 127 Å². The molecule has 2 aromatic heterocycles. The van der Waals surface area contributed by atoms with Crippen LogP contribution in [0.1, 0.15) is 22.0 Å². The van der Waals surface area contributed by atoms with Crippen molar-refractivity contribution in [3.05, 3.63) is 57.9 Å². The molecule has 0 fully saturated rings. The quantitative estimate of drug-likeness (QED) is 0.757. The van der Waals surface area contributed by atoms with Gasteiger partial charge in [0.2, 0.25) is 5.89 Å². The third-order valence-corrected chi connectivity index (χ3v) is 4.12. The molecule has 0 unspecified atom stereocenters. The molecule has 0 saturated carbocycles. The highest BCUT2D eigenvalue weighted by Gasteiger charge is 2.07. The largest absolute Gasteiger partial charge is 0.408 e. The molecule has 1 aromatic carbocycles. The zero-order valence-electron chi connectivity index (χ0n) is 11.7. The molecule has 0 aliphatic rings. The van der Waals surface area contributed by atoms with Gasteiger partial charge in [-0.1, -0.05) is 35.4 Å². The molecule has 2 heterocycles. The van der Waals surface area contributed by atoms with E-state index in [2.05, 4.69) is 32.6 Å². The molecule has 0 aliphatic heterocycles. The van der Waals surface area contributed by atoms with Gasteiger partial charge in [0, 0.05) is 11.3 Å². The predicted molar refractivity (Wildman–Crippen MR) is 82.3 cm³/mol. The van der Waals surface area contributed by atoms with Gasteiger partial charge in [0.05, 0.1) is 17.7 Å². The summed E-state index contributed by atoms with van der Waals surface area (Å²) in [5.41, 5.74) is 4.15. The topological polar surface area (TPSA) is 63.8 Å². The van der Waals surface area contributed by atoms with E-state index in [1.165, 1.54) is 10.4 Å². The molecule has 21 heavy (non-hydrogen) atoms. The Balaban J connectivity index is 1.53. The fraction of sp³-hybridized carbons (Fsp3) is 0.267. The van der Waals surface area contributed by atoms with Crippen molar-refractivity contribution in [1.82, 2.24) is 15.2 Å². The lowest BCUT2D eigenvalue weighted by molar-refractivity contribution is 0.503. The maximum Gasteiger partial charge on any atom is 0.315 e. The molecule has 0 bridgehead atoms. The highest BCUT2D eigenvalue weighted by atomic mass is 32.1. The fourth-order valence-electron chi connectivity index (χ4n) is 1.97. The molecule has 5 nitrogen and oxygen atoms in total. The van der Waals surface area contributed by atoms with Gasteiger partial charge in [0.25, 0.3) is 0 Å². The second kappa shape index (κ2) is 6.49. The van der Waals surface area contributed by atoms with Crippen LogP contribution in [0.4, 0.5) is 6.01 Å². The highest BCUT2D eigenvalue weighted by Crippen LogP contribution is 2.15. The number of benzene rings is 1. The minimum Gasteiger partial charge on any atom is -0.408 e. The Hall–Kier alpha value is -2.21. The second-order valence-corrected chi connectivity index (χ2v) is 5.64. The van der Waals surface area contributed by atoms with Crippen molar-refractivity contribution in [3.8, 4) is 0 Å². The number of rotatable bonds is 6. The maximum absolute atomic E-state index is 5.59. The van der Waals surface area contributed by atoms with E-state index in [9.17, 15) is 0 Å². The summed E-state index contributed by atoms with van der Waals surface area (Å²) in [5.74, 6) is 0.655. The summed E-state index contributed by atoms with van der Waals surface area (Å²) in [4.78, 5) is 5.39. The highest BCUT2D eigenvalue weighted by molar-refractivity contribution is 7.09. The molecule has 0 aliphatic carbocycles. The second-order valence-electron chi connectivity index (χ2n) is 4.70. The van der Waals surface area contributed by atoms with Gasteiger partial charge < -0.3 is 9.73 Å². The third-order valence-electron chi connectivity index (χ3n) is 3.18. The van der Waals surface area contributed by atoms with Crippen molar-refractivity contribution < 1.29 is 4.42 Å². The van der Waals surface area contributed by atoms with Gasteiger partial charge >= 0.3 is 6.01 Å². The summed E-state index contributed by atoms with van der Waals surface area (Å²) in [5, 5.41) is 11.2. The average molecular weight is 300 g/mol. The van der Waals surface area contributed by atoms with Crippen LogP contribution in [0.15, 0.2) is 40.3 Å². The van der Waals surface area contributed by atoms with Crippen LogP contribution in [0, 0.1) is 6.92 Å². The van der Waals surface area contributed by atoms with Crippen molar-refractivity contribution in [2.24, 2.45) is 0 Å². The van der Waals surface area contributed by atoms with Crippen LogP contribution in [-0.4, -0.2) is 15.2 Å². The summed E-state index contributed by atoms with van der Waals surface area (Å²) in [6.07, 6.45) is 1.65. The van der Waals surface area contributed by atoms with Crippen molar-refractivity contribution in [3.63, 3.8) is 0 Å². The van der Waals surface area contributed by atoms with Crippen LogP contribution < -0.4 is 5.32 Å². The Kier molecular flexibility index (Phi) is 4.25. The van der Waals surface area contributed by atoms with Gasteiger partial charge in [-0.3, -0.25) is 0 Å². The number of thiazole rings is 1. The molecule has 0 radical (unpaired) electrons. The van der Waals surface area contributed by atoms with Gasteiger partial charge in [-0.15, -0.1) is 16.4 Å². The number of hydrogen-bond acceptors (Lipinski definition) is 6. The number of hydrogen-bond donors (Lipinski definition) is 1. The van der Waals surface area contributed by atoms with Crippen LogP contribution >= 0.6 is 11.3 Å². The molecule has 0 spiro atoms. The van der Waals surface area contributed by atoms with E-state index in [1.54, 1.807) is 11.3 Å². The average Bonchev–Trinajstić information content (AvgIpc) is 3.13. The SMILES string of the molecule is Cc1ncsc1CNc1nnc(CCc2ccccc2)o1. The van der Waals surface area contributed by atoms with E-state index in [1.807, 2.05) is 30.6 Å². The van der Waals surface area contributed by atoms with Crippen LogP contribution in [-0.2, 0) is 19.4 Å². The summed E-state index contributed by atoms with van der Waals surface area (Å²) in [7, 11) is 0. The lowest BCUT2D eigenvalue weighted by atomic mass is 10.1. The molecule has 1 N–H and O–H groups in total. The Morgan fingerprint density at radius 1 is 1.14 bits per heavy atom. The van der Waals surface area contributed by atoms with E-state index in [4.69, 9.17) is 4.42 Å². The first-order valence-electron chi connectivity index (χ1n) is 6.80. The number of anilines is 1. The number of aryl methyl sites for hydroxylation is 3. The van der Waals surface area contributed by atoms with Crippen molar-refractivity contribution in [2.45, 2.75) is 26.3 Å². The minimum absolute atomic E-state index is 0.464. The first-order chi connectivity index (χ1) is 10.3. The molecular weight excluding hydrogens is 284 g/mol. The van der Waals surface area contributed by atoms with Crippen molar-refractivity contribution in [1.29, 1.82) is 0 Å². The lowest BCUT2D eigenvalue weighted by Crippen LogP contribution is -1.99. The van der Waals surface area contributed by atoms with E-state index in [-0.39, 0.29) is 0 Å². The fourth-order valence-corrected chi connectivity index (χ4v) is 2.69. The van der Waals surface area contributed by atoms with Crippen molar-refractivity contribution in [2.75, 3.05) is 5.32 Å².